The molecule has 0 saturated carbocycles. The van der Waals surface area contributed by atoms with E-state index in [4.69, 9.17) is 0 Å². The maximum atomic E-state index is 12.6. The molecule has 2 aromatic rings. The number of halogens is 6. The van der Waals surface area contributed by atoms with Crippen molar-refractivity contribution in [1.82, 2.24) is 9.13 Å². The Morgan fingerprint density at radius 2 is 1.46 bits per heavy atom. The summed E-state index contributed by atoms with van der Waals surface area (Å²) in [5, 5.41) is 0. The minimum Gasteiger partial charge on any atom is -0.305 e. The molecule has 0 radical (unpaired) electrons. The van der Waals surface area contributed by atoms with E-state index in [0.29, 0.717) is 0 Å². The Hall–Kier alpha value is -2.52. The second-order valence-corrected chi connectivity index (χ2v) is 4.98. The van der Waals surface area contributed by atoms with Crippen molar-refractivity contribution in [3.63, 3.8) is 0 Å². The molecule has 0 amide bonds. The molecule has 0 aliphatic rings. The van der Waals surface area contributed by atoms with Crippen molar-refractivity contribution in [3.8, 4) is 0 Å². The third-order valence-corrected chi connectivity index (χ3v) is 3.09. The van der Waals surface area contributed by atoms with Crippen LogP contribution in [0.4, 0.5) is 26.3 Å². The van der Waals surface area contributed by atoms with Crippen LogP contribution in [0.25, 0.3) is 0 Å². The zero-order valence-corrected chi connectivity index (χ0v) is 11.9. The van der Waals surface area contributed by atoms with Crippen molar-refractivity contribution >= 4 is 0 Å². The molecular formula is C14H10F6N2O2. The van der Waals surface area contributed by atoms with Gasteiger partial charge < -0.3 is 9.13 Å². The van der Waals surface area contributed by atoms with Gasteiger partial charge in [-0.15, -0.1) is 0 Å². The van der Waals surface area contributed by atoms with Crippen LogP contribution >= 0.6 is 0 Å². The molecule has 0 bridgehead atoms. The van der Waals surface area contributed by atoms with Gasteiger partial charge in [0.05, 0.1) is 12.1 Å². The molecule has 1 heterocycles. The average molecular weight is 352 g/mol. The van der Waals surface area contributed by atoms with Crippen molar-refractivity contribution in [2.75, 3.05) is 0 Å². The lowest BCUT2D eigenvalue weighted by atomic mass is 10.1. The van der Waals surface area contributed by atoms with E-state index in [9.17, 15) is 35.9 Å². The number of aromatic nitrogens is 2. The third kappa shape index (κ3) is 4.27. The Bertz CT molecular complexity index is 848. The van der Waals surface area contributed by atoms with E-state index in [2.05, 4.69) is 0 Å². The molecule has 0 unspecified atom stereocenters. The summed E-state index contributed by atoms with van der Waals surface area (Å²) in [5.74, 6) is 0. The molecular weight excluding hydrogens is 342 g/mol. The van der Waals surface area contributed by atoms with Crippen LogP contribution in [0, 0.1) is 0 Å². The first-order valence-electron chi connectivity index (χ1n) is 6.50. The average Bonchev–Trinajstić information content (AvgIpc) is 2.45. The summed E-state index contributed by atoms with van der Waals surface area (Å²) in [6.07, 6.45) is -7.55. The van der Waals surface area contributed by atoms with E-state index < -0.39 is 35.6 Å². The van der Waals surface area contributed by atoms with Gasteiger partial charge in [-0.1, -0.05) is 12.1 Å². The Labute approximate surface area is 130 Å². The van der Waals surface area contributed by atoms with Crippen LogP contribution in [-0.4, -0.2) is 15.3 Å². The first kappa shape index (κ1) is 17.8. The fourth-order valence-electron chi connectivity index (χ4n) is 2.03. The van der Waals surface area contributed by atoms with Crippen LogP contribution in [0.3, 0.4) is 0 Å². The zero-order chi connectivity index (χ0) is 18.1. The molecule has 0 N–H and O–H groups in total. The van der Waals surface area contributed by atoms with Crippen LogP contribution in [0.15, 0.2) is 46.2 Å². The molecule has 10 heteroatoms. The first-order valence-corrected chi connectivity index (χ1v) is 6.50. The lowest BCUT2D eigenvalue weighted by molar-refractivity contribution is -0.141. The fraction of sp³-hybridized carbons (Fsp3) is 0.286. The van der Waals surface area contributed by atoms with Crippen LogP contribution in [0.5, 0.6) is 0 Å². The van der Waals surface area contributed by atoms with E-state index in [-0.39, 0.29) is 16.7 Å². The molecule has 130 valence electrons. The summed E-state index contributed by atoms with van der Waals surface area (Å²) < 4.78 is 75.7. The molecule has 0 saturated heterocycles. The molecule has 0 fully saturated rings. The SMILES string of the molecule is O=c1c(=O)n(CC(F)(F)F)ccn1Cc1cccc(C(F)(F)F)c1. The molecule has 0 aliphatic carbocycles. The van der Waals surface area contributed by atoms with Crippen molar-refractivity contribution in [1.29, 1.82) is 0 Å². The molecule has 0 spiro atoms. The van der Waals surface area contributed by atoms with Gasteiger partial charge >= 0.3 is 23.5 Å². The Balaban J connectivity index is 2.34. The normalized spacial score (nSPS) is 12.4. The Morgan fingerprint density at radius 3 is 2.04 bits per heavy atom. The van der Waals surface area contributed by atoms with Crippen LogP contribution < -0.4 is 11.1 Å². The number of benzene rings is 1. The van der Waals surface area contributed by atoms with Crippen molar-refractivity contribution in [3.05, 3.63) is 68.5 Å². The summed E-state index contributed by atoms with van der Waals surface area (Å²) in [4.78, 5) is 23.4. The quantitative estimate of drug-likeness (QED) is 0.630. The summed E-state index contributed by atoms with van der Waals surface area (Å²) >= 11 is 0. The highest BCUT2D eigenvalue weighted by molar-refractivity contribution is 5.25. The van der Waals surface area contributed by atoms with E-state index in [1.807, 2.05) is 0 Å². The van der Waals surface area contributed by atoms with Gasteiger partial charge in [-0.05, 0) is 17.7 Å². The van der Waals surface area contributed by atoms with E-state index >= 15 is 0 Å². The minimum absolute atomic E-state index is 0.0832. The van der Waals surface area contributed by atoms with Crippen LogP contribution in [0.2, 0.25) is 0 Å². The number of hydrogen-bond donors (Lipinski definition) is 0. The van der Waals surface area contributed by atoms with Crippen molar-refractivity contribution < 1.29 is 26.3 Å². The van der Waals surface area contributed by atoms with E-state index in [0.717, 1.165) is 35.2 Å². The van der Waals surface area contributed by atoms with Gasteiger partial charge in [-0.25, -0.2) is 0 Å². The molecule has 4 nitrogen and oxygen atoms in total. The molecule has 1 aromatic carbocycles. The molecule has 0 aliphatic heterocycles. The Morgan fingerprint density at radius 1 is 0.875 bits per heavy atom. The van der Waals surface area contributed by atoms with E-state index in [1.54, 1.807) is 0 Å². The van der Waals surface area contributed by atoms with Gasteiger partial charge in [0.25, 0.3) is 0 Å². The lowest BCUT2D eigenvalue weighted by Gasteiger charge is -2.12. The van der Waals surface area contributed by atoms with Crippen molar-refractivity contribution in [2.45, 2.75) is 25.4 Å². The fourth-order valence-corrected chi connectivity index (χ4v) is 2.03. The van der Waals surface area contributed by atoms with Crippen molar-refractivity contribution in [2.24, 2.45) is 0 Å². The minimum atomic E-state index is -4.68. The van der Waals surface area contributed by atoms with Gasteiger partial charge in [-0.3, -0.25) is 9.59 Å². The summed E-state index contributed by atoms with van der Waals surface area (Å²) in [5.41, 5.74) is -3.50. The number of rotatable bonds is 3. The number of nitrogens with zero attached hydrogens (tertiary/aromatic N) is 2. The van der Waals surface area contributed by atoms with Gasteiger partial charge in [0, 0.05) is 12.4 Å². The predicted molar refractivity (Wildman–Crippen MR) is 71.6 cm³/mol. The third-order valence-electron chi connectivity index (χ3n) is 3.09. The van der Waals surface area contributed by atoms with Gasteiger partial charge in [0.2, 0.25) is 0 Å². The molecule has 2 rings (SSSR count). The summed E-state index contributed by atoms with van der Waals surface area (Å²) in [6.45, 7) is -1.99. The largest absolute Gasteiger partial charge is 0.416 e. The zero-order valence-electron chi connectivity index (χ0n) is 11.9. The lowest BCUT2D eigenvalue weighted by Crippen LogP contribution is -2.42. The molecule has 0 atom stereocenters. The van der Waals surface area contributed by atoms with E-state index in [1.165, 1.54) is 6.07 Å². The summed E-state index contributed by atoms with van der Waals surface area (Å²) in [7, 11) is 0. The standard InChI is InChI=1S/C14H10F6N2O2/c15-13(16,17)8-22-5-4-21(11(23)12(22)24)7-9-2-1-3-10(6-9)14(18,19)20/h1-6H,7-8H2. The van der Waals surface area contributed by atoms with Crippen LogP contribution in [-0.2, 0) is 19.3 Å². The number of hydrogen-bond acceptors (Lipinski definition) is 2. The second-order valence-electron chi connectivity index (χ2n) is 4.98. The molecule has 1 aromatic heterocycles. The topological polar surface area (TPSA) is 44.0 Å². The van der Waals surface area contributed by atoms with Gasteiger partial charge in [0.1, 0.15) is 6.54 Å². The number of alkyl halides is 6. The first-order chi connectivity index (χ1) is 11.0. The highest BCUT2D eigenvalue weighted by Crippen LogP contribution is 2.29. The second kappa shape index (κ2) is 6.17. The Kier molecular flexibility index (Phi) is 4.59. The van der Waals surface area contributed by atoms with Gasteiger partial charge in [0.15, 0.2) is 0 Å². The van der Waals surface area contributed by atoms with Crippen LogP contribution in [0.1, 0.15) is 11.1 Å². The maximum absolute atomic E-state index is 12.6. The maximum Gasteiger partial charge on any atom is 0.416 e. The smallest absolute Gasteiger partial charge is 0.305 e. The summed E-state index contributed by atoms with van der Waals surface area (Å²) in [6, 6.07) is 4.08. The van der Waals surface area contributed by atoms with Gasteiger partial charge in [-0.2, -0.15) is 26.3 Å². The highest BCUT2D eigenvalue weighted by atomic mass is 19.4. The monoisotopic (exact) mass is 352 g/mol. The molecule has 24 heavy (non-hydrogen) atoms. The predicted octanol–water partition coefficient (Wildman–Crippen LogP) is 2.64. The highest BCUT2D eigenvalue weighted by Gasteiger charge is 2.30.